The largest absolute Gasteiger partial charge is 0.378 e. The summed E-state index contributed by atoms with van der Waals surface area (Å²) < 4.78 is 0.626. The van der Waals surface area contributed by atoms with E-state index in [1.54, 1.807) is 6.20 Å². The van der Waals surface area contributed by atoms with Crippen LogP contribution >= 0.6 is 15.9 Å². The Labute approximate surface area is 113 Å². The Hall–Kier alpha value is -1.21. The third-order valence-corrected chi connectivity index (χ3v) is 3.69. The third-order valence-electron chi connectivity index (χ3n) is 3.09. The molecule has 1 aliphatic rings. The molecule has 2 heterocycles. The summed E-state index contributed by atoms with van der Waals surface area (Å²) in [6, 6.07) is 0. The van der Waals surface area contributed by atoms with Crippen LogP contribution in [-0.4, -0.2) is 29.5 Å². The lowest BCUT2D eigenvalue weighted by Gasteiger charge is -2.11. The highest BCUT2D eigenvalue weighted by Gasteiger charge is 2.18. The predicted molar refractivity (Wildman–Crippen MR) is 72.7 cm³/mol. The van der Waals surface area contributed by atoms with E-state index in [4.69, 9.17) is 0 Å². The average Bonchev–Trinajstić information content (AvgIpc) is 2.84. The maximum atomic E-state index is 10.9. The number of nitro groups is 1. The highest BCUT2D eigenvalue weighted by atomic mass is 79.9. The molecule has 1 atom stereocenters. The normalized spacial score (nSPS) is 18.8. The Morgan fingerprint density at radius 1 is 1.61 bits per heavy atom. The van der Waals surface area contributed by atoms with Crippen molar-refractivity contribution in [3.8, 4) is 0 Å². The number of halogens is 1. The lowest BCUT2D eigenvalue weighted by molar-refractivity contribution is -0.384. The van der Waals surface area contributed by atoms with Gasteiger partial charge in [0.25, 0.3) is 0 Å². The molecule has 7 heteroatoms. The molecule has 1 unspecified atom stereocenters. The van der Waals surface area contributed by atoms with Gasteiger partial charge < -0.3 is 10.6 Å². The van der Waals surface area contributed by atoms with Crippen LogP contribution in [0.3, 0.4) is 0 Å². The molecular formula is C11H15BrN4O2. The molecule has 2 rings (SSSR count). The van der Waals surface area contributed by atoms with Gasteiger partial charge in [0.1, 0.15) is 11.9 Å². The zero-order valence-corrected chi connectivity index (χ0v) is 11.4. The molecule has 2 N–H and O–H groups in total. The molecule has 1 fully saturated rings. The standard InChI is InChI=1S/C11H15BrN4O2/c12-9-6-14-7-10(16(17)18)11(9)15-4-2-8-1-3-13-5-8/h6-8,13H,1-5H2,(H,14,15). The molecule has 98 valence electrons. The van der Waals surface area contributed by atoms with Crippen molar-refractivity contribution in [2.24, 2.45) is 5.92 Å². The Bertz CT molecular complexity index is 435. The van der Waals surface area contributed by atoms with Gasteiger partial charge in [0.2, 0.25) is 0 Å². The maximum Gasteiger partial charge on any atom is 0.311 e. The van der Waals surface area contributed by atoms with E-state index in [0.717, 1.165) is 26.1 Å². The number of hydrogen-bond acceptors (Lipinski definition) is 5. The molecule has 0 spiro atoms. The van der Waals surface area contributed by atoms with E-state index in [2.05, 4.69) is 31.5 Å². The summed E-state index contributed by atoms with van der Waals surface area (Å²) in [6.07, 6.45) is 5.02. The molecule has 0 aromatic carbocycles. The van der Waals surface area contributed by atoms with Crippen LogP contribution in [0.2, 0.25) is 0 Å². The van der Waals surface area contributed by atoms with Crippen LogP contribution in [0, 0.1) is 16.0 Å². The van der Waals surface area contributed by atoms with Gasteiger partial charge in [-0.2, -0.15) is 0 Å². The van der Waals surface area contributed by atoms with Gasteiger partial charge in [-0.3, -0.25) is 15.1 Å². The number of hydrogen-bond donors (Lipinski definition) is 2. The first-order valence-electron chi connectivity index (χ1n) is 5.91. The Morgan fingerprint density at radius 3 is 3.11 bits per heavy atom. The Kier molecular flexibility index (Phi) is 4.48. The van der Waals surface area contributed by atoms with Gasteiger partial charge in [0, 0.05) is 12.7 Å². The van der Waals surface area contributed by atoms with Gasteiger partial charge >= 0.3 is 5.69 Å². The zero-order valence-electron chi connectivity index (χ0n) is 9.86. The quantitative estimate of drug-likeness (QED) is 0.643. The smallest absolute Gasteiger partial charge is 0.311 e. The molecule has 18 heavy (non-hydrogen) atoms. The van der Waals surface area contributed by atoms with Gasteiger partial charge in [-0.05, 0) is 47.8 Å². The SMILES string of the molecule is O=[N+]([O-])c1cncc(Br)c1NCCC1CCNC1. The second-order valence-electron chi connectivity index (χ2n) is 4.35. The van der Waals surface area contributed by atoms with Gasteiger partial charge in [0.05, 0.1) is 9.40 Å². The Morgan fingerprint density at radius 2 is 2.44 bits per heavy atom. The van der Waals surface area contributed by atoms with Crippen molar-refractivity contribution in [3.05, 3.63) is 27.0 Å². The van der Waals surface area contributed by atoms with Crippen molar-refractivity contribution in [1.82, 2.24) is 10.3 Å². The molecule has 6 nitrogen and oxygen atoms in total. The summed E-state index contributed by atoms with van der Waals surface area (Å²) in [4.78, 5) is 14.3. The van der Waals surface area contributed by atoms with E-state index in [-0.39, 0.29) is 5.69 Å². The fraction of sp³-hybridized carbons (Fsp3) is 0.545. The van der Waals surface area contributed by atoms with Crippen LogP contribution in [0.5, 0.6) is 0 Å². The van der Waals surface area contributed by atoms with Crippen molar-refractivity contribution < 1.29 is 4.92 Å². The first-order chi connectivity index (χ1) is 8.68. The van der Waals surface area contributed by atoms with E-state index >= 15 is 0 Å². The number of pyridine rings is 1. The van der Waals surface area contributed by atoms with Crippen LogP contribution in [0.15, 0.2) is 16.9 Å². The summed E-state index contributed by atoms with van der Waals surface area (Å²) in [5, 5.41) is 17.3. The highest BCUT2D eigenvalue weighted by Crippen LogP contribution is 2.31. The van der Waals surface area contributed by atoms with E-state index in [9.17, 15) is 10.1 Å². The average molecular weight is 315 g/mol. The van der Waals surface area contributed by atoms with Crippen LogP contribution in [0.4, 0.5) is 11.4 Å². The lowest BCUT2D eigenvalue weighted by Crippen LogP contribution is -2.13. The van der Waals surface area contributed by atoms with Crippen LogP contribution < -0.4 is 10.6 Å². The molecule has 1 aromatic heterocycles. The number of rotatable bonds is 5. The van der Waals surface area contributed by atoms with E-state index < -0.39 is 4.92 Å². The van der Waals surface area contributed by atoms with Gasteiger partial charge in [-0.25, -0.2) is 0 Å². The molecule has 1 aliphatic heterocycles. The van der Waals surface area contributed by atoms with Crippen molar-refractivity contribution in [1.29, 1.82) is 0 Å². The third kappa shape index (κ3) is 3.17. The minimum atomic E-state index is -0.419. The maximum absolute atomic E-state index is 10.9. The molecule has 0 saturated carbocycles. The summed E-state index contributed by atoms with van der Waals surface area (Å²) in [7, 11) is 0. The monoisotopic (exact) mass is 314 g/mol. The van der Waals surface area contributed by atoms with E-state index in [0.29, 0.717) is 16.1 Å². The first kappa shape index (κ1) is 13.2. The number of aromatic nitrogens is 1. The lowest BCUT2D eigenvalue weighted by atomic mass is 10.1. The molecule has 1 saturated heterocycles. The Balaban J connectivity index is 1.97. The second kappa shape index (κ2) is 6.10. The molecule has 0 aliphatic carbocycles. The zero-order chi connectivity index (χ0) is 13.0. The number of nitrogens with zero attached hydrogens (tertiary/aromatic N) is 2. The fourth-order valence-electron chi connectivity index (χ4n) is 2.10. The van der Waals surface area contributed by atoms with Gasteiger partial charge in [-0.15, -0.1) is 0 Å². The predicted octanol–water partition coefficient (Wildman–Crippen LogP) is 2.16. The topological polar surface area (TPSA) is 80.1 Å². The number of nitrogens with one attached hydrogen (secondary N) is 2. The minimum absolute atomic E-state index is 0.00826. The van der Waals surface area contributed by atoms with Crippen molar-refractivity contribution in [2.75, 3.05) is 25.0 Å². The van der Waals surface area contributed by atoms with Crippen LogP contribution in [0.1, 0.15) is 12.8 Å². The molecular weight excluding hydrogens is 300 g/mol. The summed E-state index contributed by atoms with van der Waals surface area (Å²) in [5.74, 6) is 0.664. The summed E-state index contributed by atoms with van der Waals surface area (Å²) in [5.41, 5.74) is 0.523. The minimum Gasteiger partial charge on any atom is -0.378 e. The van der Waals surface area contributed by atoms with E-state index in [1.165, 1.54) is 12.6 Å². The number of anilines is 1. The second-order valence-corrected chi connectivity index (χ2v) is 5.20. The summed E-state index contributed by atoms with van der Waals surface area (Å²) in [6.45, 7) is 2.85. The van der Waals surface area contributed by atoms with Crippen molar-refractivity contribution >= 4 is 27.3 Å². The highest BCUT2D eigenvalue weighted by molar-refractivity contribution is 9.10. The molecule has 0 amide bonds. The first-order valence-corrected chi connectivity index (χ1v) is 6.70. The molecule has 0 radical (unpaired) electrons. The van der Waals surface area contributed by atoms with E-state index in [1.807, 2.05) is 0 Å². The fourth-order valence-corrected chi connectivity index (χ4v) is 2.56. The summed E-state index contributed by atoms with van der Waals surface area (Å²) >= 11 is 3.29. The van der Waals surface area contributed by atoms with Crippen LogP contribution in [-0.2, 0) is 0 Å². The molecule has 1 aromatic rings. The van der Waals surface area contributed by atoms with Crippen molar-refractivity contribution in [2.45, 2.75) is 12.8 Å². The van der Waals surface area contributed by atoms with Gasteiger partial charge in [0.15, 0.2) is 0 Å². The van der Waals surface area contributed by atoms with Crippen molar-refractivity contribution in [3.63, 3.8) is 0 Å². The van der Waals surface area contributed by atoms with Crippen LogP contribution in [0.25, 0.3) is 0 Å². The molecule has 0 bridgehead atoms. The van der Waals surface area contributed by atoms with Gasteiger partial charge in [-0.1, -0.05) is 0 Å².